The molecule has 1 aliphatic rings. The first-order valence-corrected chi connectivity index (χ1v) is 9.49. The Morgan fingerprint density at radius 3 is 2.89 bits per heavy atom. The number of imidazole rings is 1. The Hall–Kier alpha value is -2.84. The number of hydrogen-bond acceptors (Lipinski definition) is 6. The van der Waals surface area contributed by atoms with Crippen molar-refractivity contribution in [2.45, 2.75) is 58.1 Å². The molecule has 0 unspecified atom stereocenters. The Bertz CT molecular complexity index is 858. The minimum Gasteiger partial charge on any atom is -0.465 e. The maximum absolute atomic E-state index is 12.5. The number of carbonyl (C=O) groups is 1. The van der Waals surface area contributed by atoms with Crippen LogP contribution in [0, 0.1) is 10.1 Å². The number of aromatic amines is 1. The predicted octanol–water partition coefficient (Wildman–Crippen LogP) is 4.03. The van der Waals surface area contributed by atoms with Gasteiger partial charge in [-0.05, 0) is 46.1 Å². The number of amides is 1. The minimum absolute atomic E-state index is 0.00194. The van der Waals surface area contributed by atoms with E-state index < -0.39 is 10.5 Å². The Kier molecular flexibility index (Phi) is 5.71. The number of hydrogen-bond donors (Lipinski definition) is 1. The van der Waals surface area contributed by atoms with Crippen LogP contribution in [0.1, 0.15) is 46.5 Å². The third-order valence-corrected chi connectivity index (χ3v) is 4.60. The number of nitrogens with one attached hydrogen (secondary N) is 1. The van der Waals surface area contributed by atoms with Crippen LogP contribution in [0.5, 0.6) is 6.01 Å². The van der Waals surface area contributed by atoms with E-state index in [0.717, 1.165) is 19.3 Å². The number of ether oxygens (including phenoxy) is 2. The number of rotatable bonds is 5. The summed E-state index contributed by atoms with van der Waals surface area (Å²) in [5.41, 5.74) is 0.635. The molecule has 152 valence electrons. The predicted molar refractivity (Wildman–Crippen MR) is 103 cm³/mol. The van der Waals surface area contributed by atoms with Crippen LogP contribution in [0.2, 0.25) is 0 Å². The molecular weight excluding hydrogens is 364 g/mol. The molecule has 2 heterocycles. The molecule has 28 heavy (non-hydrogen) atoms. The van der Waals surface area contributed by atoms with E-state index in [4.69, 9.17) is 9.47 Å². The lowest BCUT2D eigenvalue weighted by Gasteiger charge is -2.36. The molecule has 9 heteroatoms. The molecule has 2 aromatic rings. The summed E-state index contributed by atoms with van der Waals surface area (Å²) in [5.74, 6) is 0. The molecule has 1 aliphatic heterocycles. The lowest BCUT2D eigenvalue weighted by atomic mass is 10.0. The second-order valence-corrected chi connectivity index (χ2v) is 7.96. The molecule has 1 amide bonds. The highest BCUT2D eigenvalue weighted by atomic mass is 16.6. The maximum Gasteiger partial charge on any atom is 0.410 e. The smallest absolute Gasteiger partial charge is 0.410 e. The summed E-state index contributed by atoms with van der Waals surface area (Å²) in [6.07, 6.45) is 3.33. The van der Waals surface area contributed by atoms with Crippen LogP contribution in [0.15, 0.2) is 18.2 Å². The molecule has 3 rings (SSSR count). The highest BCUT2D eigenvalue weighted by Gasteiger charge is 2.30. The van der Waals surface area contributed by atoms with Crippen LogP contribution in [-0.4, -0.2) is 50.7 Å². The average molecular weight is 390 g/mol. The molecular formula is C19H26N4O5. The van der Waals surface area contributed by atoms with Crippen molar-refractivity contribution in [2.75, 3.05) is 13.2 Å². The van der Waals surface area contributed by atoms with Crippen molar-refractivity contribution in [3.8, 4) is 6.01 Å². The van der Waals surface area contributed by atoms with Gasteiger partial charge in [0.2, 0.25) is 0 Å². The van der Waals surface area contributed by atoms with Crippen molar-refractivity contribution in [2.24, 2.45) is 0 Å². The van der Waals surface area contributed by atoms with E-state index in [1.165, 1.54) is 12.1 Å². The first-order chi connectivity index (χ1) is 13.2. The Morgan fingerprint density at radius 2 is 2.18 bits per heavy atom. The third kappa shape index (κ3) is 4.90. The normalized spacial score (nSPS) is 17.5. The molecule has 9 nitrogen and oxygen atoms in total. The van der Waals surface area contributed by atoms with Gasteiger partial charge in [0.05, 0.1) is 22.6 Å². The minimum atomic E-state index is -0.521. The van der Waals surface area contributed by atoms with E-state index in [-0.39, 0.29) is 17.8 Å². The van der Waals surface area contributed by atoms with Gasteiger partial charge in [0.1, 0.15) is 5.60 Å². The Balaban J connectivity index is 1.59. The van der Waals surface area contributed by atoms with Crippen molar-refractivity contribution in [1.82, 2.24) is 14.9 Å². The third-order valence-electron chi connectivity index (χ3n) is 4.60. The van der Waals surface area contributed by atoms with E-state index >= 15 is 0 Å². The van der Waals surface area contributed by atoms with Crippen LogP contribution in [0.25, 0.3) is 11.0 Å². The summed E-state index contributed by atoms with van der Waals surface area (Å²) in [5, 5.41) is 10.9. The van der Waals surface area contributed by atoms with Gasteiger partial charge in [0.15, 0.2) is 0 Å². The second-order valence-electron chi connectivity index (χ2n) is 7.96. The van der Waals surface area contributed by atoms with E-state index in [1.54, 1.807) is 11.0 Å². The van der Waals surface area contributed by atoms with Gasteiger partial charge >= 0.3 is 6.09 Å². The van der Waals surface area contributed by atoms with Gasteiger partial charge in [-0.3, -0.25) is 10.1 Å². The van der Waals surface area contributed by atoms with E-state index in [9.17, 15) is 14.9 Å². The summed E-state index contributed by atoms with van der Waals surface area (Å²) in [7, 11) is 0. The van der Waals surface area contributed by atoms with Crippen LogP contribution in [-0.2, 0) is 4.74 Å². The molecule has 0 saturated carbocycles. The number of nitrogens with zero attached hydrogens (tertiary/aromatic N) is 3. The van der Waals surface area contributed by atoms with Gasteiger partial charge in [0.25, 0.3) is 11.7 Å². The van der Waals surface area contributed by atoms with Crippen molar-refractivity contribution < 1.29 is 19.2 Å². The van der Waals surface area contributed by atoms with Crippen molar-refractivity contribution in [3.05, 3.63) is 28.3 Å². The quantitative estimate of drug-likeness (QED) is 0.609. The average Bonchev–Trinajstić information content (AvgIpc) is 3.02. The molecule has 1 aromatic carbocycles. The number of carbonyl (C=O) groups excluding carboxylic acids is 1. The zero-order valence-electron chi connectivity index (χ0n) is 16.4. The summed E-state index contributed by atoms with van der Waals surface area (Å²) in [6, 6.07) is 4.81. The van der Waals surface area contributed by atoms with Crippen molar-refractivity contribution in [1.29, 1.82) is 0 Å². The lowest BCUT2D eigenvalue weighted by molar-refractivity contribution is -0.384. The summed E-state index contributed by atoms with van der Waals surface area (Å²) in [6.45, 7) is 6.65. The number of aromatic nitrogens is 2. The number of H-pyrrole nitrogens is 1. The van der Waals surface area contributed by atoms with E-state index in [2.05, 4.69) is 9.97 Å². The van der Waals surface area contributed by atoms with Crippen molar-refractivity contribution in [3.63, 3.8) is 0 Å². The number of nitro benzene ring substituents is 1. The molecule has 1 atom stereocenters. The zero-order chi connectivity index (χ0) is 20.3. The van der Waals surface area contributed by atoms with Crippen LogP contribution < -0.4 is 4.74 Å². The van der Waals surface area contributed by atoms with E-state index in [0.29, 0.717) is 36.6 Å². The van der Waals surface area contributed by atoms with Crippen molar-refractivity contribution >= 4 is 22.8 Å². The fourth-order valence-electron chi connectivity index (χ4n) is 3.31. The van der Waals surface area contributed by atoms with Gasteiger partial charge in [-0.2, -0.15) is 4.98 Å². The number of likely N-dealkylation sites (tertiary alicyclic amines) is 1. The largest absolute Gasteiger partial charge is 0.465 e. The van der Waals surface area contributed by atoms with Gasteiger partial charge in [-0.1, -0.05) is 0 Å². The topological polar surface area (TPSA) is 111 Å². The number of nitro groups is 1. The molecule has 0 radical (unpaired) electrons. The fraction of sp³-hybridized carbons (Fsp3) is 0.579. The first kappa shape index (κ1) is 19.9. The SMILES string of the molecule is CC(C)(C)OC(=O)N1CCCC[C@@H]1CCOc1nc2ccc([N+](=O)[O-])cc2[nH]1. The van der Waals surface area contributed by atoms with Crippen LogP contribution in [0.3, 0.4) is 0 Å². The summed E-state index contributed by atoms with van der Waals surface area (Å²) in [4.78, 5) is 31.9. The number of benzene rings is 1. The molecule has 1 saturated heterocycles. The number of non-ortho nitro benzene ring substituents is 1. The highest BCUT2D eigenvalue weighted by Crippen LogP contribution is 2.24. The molecule has 1 aromatic heterocycles. The first-order valence-electron chi connectivity index (χ1n) is 9.49. The summed E-state index contributed by atoms with van der Waals surface area (Å²) < 4.78 is 11.2. The van der Waals surface area contributed by atoms with Gasteiger partial charge in [-0.15, -0.1) is 0 Å². The molecule has 0 bridgehead atoms. The Morgan fingerprint density at radius 1 is 1.39 bits per heavy atom. The monoisotopic (exact) mass is 390 g/mol. The van der Waals surface area contributed by atoms with Gasteiger partial charge < -0.3 is 19.4 Å². The highest BCUT2D eigenvalue weighted by molar-refractivity contribution is 5.78. The van der Waals surface area contributed by atoms with Gasteiger partial charge in [0, 0.05) is 31.1 Å². The second kappa shape index (κ2) is 8.04. The number of piperidine rings is 1. The molecule has 0 spiro atoms. The molecule has 1 N–H and O–H groups in total. The Labute approximate surface area is 163 Å². The van der Waals surface area contributed by atoms with Gasteiger partial charge in [-0.25, -0.2) is 4.79 Å². The summed E-state index contributed by atoms with van der Waals surface area (Å²) >= 11 is 0. The molecule has 0 aliphatic carbocycles. The van der Waals surface area contributed by atoms with Crippen LogP contribution in [0.4, 0.5) is 10.5 Å². The van der Waals surface area contributed by atoms with E-state index in [1.807, 2.05) is 20.8 Å². The van der Waals surface area contributed by atoms with Crippen LogP contribution >= 0.6 is 0 Å². The standard InChI is InChI=1S/C19H26N4O5/c1-19(2,3)28-18(24)22-10-5-4-6-13(22)9-11-27-17-20-15-8-7-14(23(25)26)12-16(15)21-17/h7-8,12-13H,4-6,9-11H2,1-3H3,(H,20,21)/t13-/m1/s1. The fourth-order valence-corrected chi connectivity index (χ4v) is 3.31. The zero-order valence-corrected chi connectivity index (χ0v) is 16.4. The molecule has 1 fully saturated rings. The maximum atomic E-state index is 12.5. The lowest BCUT2D eigenvalue weighted by Crippen LogP contribution is -2.46. The number of fused-ring (bicyclic) bond motifs is 1.